The molecule has 0 aliphatic carbocycles. The van der Waals surface area contributed by atoms with Crippen LogP contribution in [-0.4, -0.2) is 51.1 Å². The first-order chi connectivity index (χ1) is 12.2. The van der Waals surface area contributed by atoms with Gasteiger partial charge in [-0.25, -0.2) is 13.2 Å². The topological polar surface area (TPSA) is 114 Å². The number of methoxy groups -OCH3 is 1. The van der Waals surface area contributed by atoms with Crippen LogP contribution in [0.4, 0.5) is 10.5 Å². The minimum absolute atomic E-state index is 0.0647. The van der Waals surface area contributed by atoms with Crippen LogP contribution < -0.4 is 20.7 Å². The molecule has 1 heterocycles. The smallest absolute Gasteiger partial charge is 0.315 e. The minimum atomic E-state index is -3.08. The molecule has 1 aliphatic rings. The highest BCUT2D eigenvalue weighted by Crippen LogP contribution is 2.16. The fourth-order valence-corrected chi connectivity index (χ4v) is 4.38. The average Bonchev–Trinajstić information content (AvgIpc) is 2.91. The minimum Gasteiger partial charge on any atom is -0.497 e. The maximum Gasteiger partial charge on any atom is 0.315 e. The van der Waals surface area contributed by atoms with E-state index in [-0.39, 0.29) is 23.3 Å². The van der Waals surface area contributed by atoms with E-state index in [0.29, 0.717) is 17.9 Å². The number of carbonyl (C=O) groups excluding carboxylic acids is 2. The lowest BCUT2D eigenvalue weighted by Gasteiger charge is -2.23. The van der Waals surface area contributed by atoms with Crippen molar-refractivity contribution in [3.05, 3.63) is 24.3 Å². The number of anilines is 1. The van der Waals surface area contributed by atoms with Crippen molar-refractivity contribution < 1.29 is 22.7 Å². The molecular weight excluding hydrogens is 358 g/mol. The molecule has 1 saturated heterocycles. The Morgan fingerprint density at radius 2 is 1.85 bits per heavy atom. The van der Waals surface area contributed by atoms with Crippen molar-refractivity contribution >= 4 is 27.5 Å². The van der Waals surface area contributed by atoms with Gasteiger partial charge in [0.1, 0.15) is 11.8 Å². The van der Waals surface area contributed by atoms with Gasteiger partial charge in [-0.1, -0.05) is 13.8 Å². The van der Waals surface area contributed by atoms with Gasteiger partial charge in [0.25, 0.3) is 0 Å². The van der Waals surface area contributed by atoms with E-state index in [1.807, 2.05) is 13.8 Å². The van der Waals surface area contributed by atoms with Crippen molar-refractivity contribution in [1.82, 2.24) is 10.6 Å². The highest BCUT2D eigenvalue weighted by molar-refractivity contribution is 7.91. The molecule has 2 atom stereocenters. The Hall–Kier alpha value is -2.29. The summed E-state index contributed by atoms with van der Waals surface area (Å²) in [4.78, 5) is 24.7. The predicted octanol–water partition coefficient (Wildman–Crippen LogP) is 1.14. The first kappa shape index (κ1) is 20.0. The molecule has 0 bridgehead atoms. The molecule has 144 valence electrons. The third-order valence-corrected chi connectivity index (χ3v) is 5.93. The van der Waals surface area contributed by atoms with Gasteiger partial charge in [-0.05, 0) is 36.6 Å². The van der Waals surface area contributed by atoms with Crippen LogP contribution in [0.3, 0.4) is 0 Å². The van der Waals surface area contributed by atoms with Crippen LogP contribution in [0.5, 0.6) is 5.75 Å². The van der Waals surface area contributed by atoms with Gasteiger partial charge in [0.15, 0.2) is 9.84 Å². The van der Waals surface area contributed by atoms with Crippen LogP contribution in [0.25, 0.3) is 0 Å². The fourth-order valence-electron chi connectivity index (χ4n) is 2.71. The second kappa shape index (κ2) is 8.39. The second-order valence-corrected chi connectivity index (χ2v) is 8.89. The van der Waals surface area contributed by atoms with E-state index in [4.69, 9.17) is 4.74 Å². The van der Waals surface area contributed by atoms with E-state index < -0.39 is 28.0 Å². The zero-order chi connectivity index (χ0) is 19.3. The molecule has 3 amide bonds. The third kappa shape index (κ3) is 5.62. The SMILES string of the molecule is COc1ccc(NC(=O)[C@H](NC(=O)NC2CCS(=O)(=O)C2)C(C)C)cc1. The Morgan fingerprint density at radius 1 is 1.19 bits per heavy atom. The number of ether oxygens (including phenoxy) is 1. The maximum atomic E-state index is 12.5. The van der Waals surface area contributed by atoms with Crippen molar-refractivity contribution in [3.8, 4) is 5.75 Å². The standard InChI is InChI=1S/C17H25N3O5S/c1-11(2)15(16(21)18-12-4-6-14(25-3)7-5-12)20-17(22)19-13-8-9-26(23,24)10-13/h4-7,11,13,15H,8-10H2,1-3H3,(H,18,21)(H2,19,20,22)/t13?,15-/m1/s1. The molecule has 8 nitrogen and oxygen atoms in total. The summed E-state index contributed by atoms with van der Waals surface area (Å²) >= 11 is 0. The maximum absolute atomic E-state index is 12.5. The number of amides is 3. The number of urea groups is 1. The summed E-state index contributed by atoms with van der Waals surface area (Å²) in [5, 5.41) is 8.01. The molecule has 1 unspecified atom stereocenters. The van der Waals surface area contributed by atoms with Gasteiger partial charge < -0.3 is 20.7 Å². The monoisotopic (exact) mass is 383 g/mol. The van der Waals surface area contributed by atoms with Crippen molar-refractivity contribution in [2.75, 3.05) is 23.9 Å². The molecule has 1 aromatic rings. The number of benzene rings is 1. The summed E-state index contributed by atoms with van der Waals surface area (Å²) in [6.07, 6.45) is 0.389. The summed E-state index contributed by atoms with van der Waals surface area (Å²) in [5.41, 5.74) is 0.588. The van der Waals surface area contributed by atoms with E-state index in [2.05, 4.69) is 16.0 Å². The summed E-state index contributed by atoms with van der Waals surface area (Å²) in [6.45, 7) is 3.64. The summed E-state index contributed by atoms with van der Waals surface area (Å²) in [6, 6.07) is 5.14. The molecule has 0 saturated carbocycles. The molecule has 0 aromatic heterocycles. The zero-order valence-corrected chi connectivity index (χ0v) is 15.9. The van der Waals surface area contributed by atoms with Crippen LogP contribution in [0.15, 0.2) is 24.3 Å². The third-order valence-electron chi connectivity index (χ3n) is 4.16. The van der Waals surface area contributed by atoms with Gasteiger partial charge in [-0.15, -0.1) is 0 Å². The molecule has 2 rings (SSSR count). The first-order valence-electron chi connectivity index (χ1n) is 8.42. The second-order valence-electron chi connectivity index (χ2n) is 6.66. The van der Waals surface area contributed by atoms with E-state index in [0.717, 1.165) is 0 Å². The molecule has 0 spiro atoms. The number of sulfone groups is 1. The number of rotatable bonds is 6. The van der Waals surface area contributed by atoms with E-state index in [9.17, 15) is 18.0 Å². The summed E-state index contributed by atoms with van der Waals surface area (Å²) in [5.74, 6) is 0.187. The van der Waals surface area contributed by atoms with Crippen molar-refractivity contribution in [2.45, 2.75) is 32.4 Å². The first-order valence-corrected chi connectivity index (χ1v) is 10.2. The van der Waals surface area contributed by atoms with Crippen LogP contribution in [-0.2, 0) is 14.6 Å². The lowest BCUT2D eigenvalue weighted by atomic mass is 10.0. The normalized spacial score (nSPS) is 19.6. The Kier molecular flexibility index (Phi) is 6.47. The van der Waals surface area contributed by atoms with Crippen LogP contribution in [0.2, 0.25) is 0 Å². The Labute approximate surface area is 153 Å². The lowest BCUT2D eigenvalue weighted by molar-refractivity contribution is -0.118. The molecular formula is C17H25N3O5S. The van der Waals surface area contributed by atoms with Gasteiger partial charge in [-0.3, -0.25) is 4.79 Å². The highest BCUT2D eigenvalue weighted by Gasteiger charge is 2.30. The zero-order valence-electron chi connectivity index (χ0n) is 15.1. The number of nitrogens with one attached hydrogen (secondary N) is 3. The fraction of sp³-hybridized carbons (Fsp3) is 0.529. The highest BCUT2D eigenvalue weighted by atomic mass is 32.2. The number of hydrogen-bond acceptors (Lipinski definition) is 5. The van der Waals surface area contributed by atoms with Gasteiger partial charge >= 0.3 is 6.03 Å². The molecule has 1 fully saturated rings. The molecule has 9 heteroatoms. The largest absolute Gasteiger partial charge is 0.497 e. The molecule has 1 aliphatic heterocycles. The molecule has 26 heavy (non-hydrogen) atoms. The van der Waals surface area contributed by atoms with Crippen LogP contribution in [0.1, 0.15) is 20.3 Å². The Morgan fingerprint density at radius 3 is 2.35 bits per heavy atom. The van der Waals surface area contributed by atoms with Crippen molar-refractivity contribution in [2.24, 2.45) is 5.92 Å². The van der Waals surface area contributed by atoms with Gasteiger partial charge in [0.2, 0.25) is 5.91 Å². The van der Waals surface area contributed by atoms with Gasteiger partial charge in [0, 0.05) is 11.7 Å². The predicted molar refractivity (Wildman–Crippen MR) is 99.0 cm³/mol. The molecule has 1 aromatic carbocycles. The summed E-state index contributed by atoms with van der Waals surface area (Å²) in [7, 11) is -1.52. The number of carbonyl (C=O) groups is 2. The Bertz CT molecular complexity index is 746. The van der Waals surface area contributed by atoms with Gasteiger partial charge in [-0.2, -0.15) is 0 Å². The quantitative estimate of drug-likeness (QED) is 0.682. The average molecular weight is 383 g/mol. The van der Waals surface area contributed by atoms with Crippen molar-refractivity contribution in [1.29, 1.82) is 0 Å². The lowest BCUT2D eigenvalue weighted by Crippen LogP contribution is -2.52. The van der Waals surface area contributed by atoms with Crippen molar-refractivity contribution in [3.63, 3.8) is 0 Å². The van der Waals surface area contributed by atoms with E-state index >= 15 is 0 Å². The molecule has 0 radical (unpaired) electrons. The number of hydrogen-bond donors (Lipinski definition) is 3. The molecule has 3 N–H and O–H groups in total. The van der Waals surface area contributed by atoms with Gasteiger partial charge in [0.05, 0.1) is 18.6 Å². The van der Waals surface area contributed by atoms with E-state index in [1.54, 1.807) is 31.4 Å². The van der Waals surface area contributed by atoms with Crippen LogP contribution >= 0.6 is 0 Å². The van der Waals surface area contributed by atoms with Crippen LogP contribution in [0, 0.1) is 5.92 Å². The van der Waals surface area contributed by atoms with E-state index in [1.165, 1.54) is 0 Å². The Balaban J connectivity index is 1.94. The summed E-state index contributed by atoms with van der Waals surface area (Å²) < 4.78 is 28.0.